The lowest BCUT2D eigenvalue weighted by atomic mass is 9.95. The molecule has 6 nitrogen and oxygen atoms in total. The molecule has 0 saturated heterocycles. The fourth-order valence-electron chi connectivity index (χ4n) is 2.50. The van der Waals surface area contributed by atoms with Crippen LogP contribution in [0.4, 0.5) is 0 Å². The number of rotatable bonds is 15. The lowest BCUT2D eigenvalue weighted by molar-refractivity contribution is -0.0575. The van der Waals surface area contributed by atoms with E-state index in [0.29, 0.717) is 24.5 Å². The van der Waals surface area contributed by atoms with Crippen LogP contribution in [-0.2, 0) is 26.4 Å². The second-order valence-electron chi connectivity index (χ2n) is 10.4. The highest BCUT2D eigenvalue weighted by Crippen LogP contribution is 2.31. The first-order valence-corrected chi connectivity index (χ1v) is 18.1. The minimum Gasteiger partial charge on any atom is -0.467 e. The van der Waals surface area contributed by atoms with E-state index in [1.165, 1.54) is 0 Å². The van der Waals surface area contributed by atoms with Crippen LogP contribution in [0.1, 0.15) is 18.1 Å². The van der Waals surface area contributed by atoms with Crippen molar-refractivity contribution in [2.75, 3.05) is 33.4 Å². The van der Waals surface area contributed by atoms with E-state index >= 15 is 0 Å². The Bertz CT molecular complexity index is 623. The van der Waals surface area contributed by atoms with Crippen LogP contribution in [0, 0.1) is 0 Å². The van der Waals surface area contributed by atoms with Crippen LogP contribution in [0.3, 0.4) is 0 Å². The summed E-state index contributed by atoms with van der Waals surface area (Å²) in [6.07, 6.45) is 0. The summed E-state index contributed by atoms with van der Waals surface area (Å²) in [5.74, 6) is 0.489. The molecule has 0 spiro atoms. The quantitative estimate of drug-likeness (QED) is 0.230. The van der Waals surface area contributed by atoms with Gasteiger partial charge in [0.1, 0.15) is 18.1 Å². The van der Waals surface area contributed by atoms with Crippen LogP contribution in [0.25, 0.3) is 0 Å². The summed E-state index contributed by atoms with van der Waals surface area (Å²) >= 11 is 0. The summed E-state index contributed by atoms with van der Waals surface area (Å²) in [5, 5.41) is 20.1. The highest BCUT2D eigenvalue weighted by atomic mass is 28.3. The Morgan fingerprint density at radius 2 is 1.43 bits per heavy atom. The molecule has 174 valence electrons. The first kappa shape index (κ1) is 27.3. The number of hydrogen-bond acceptors (Lipinski definition) is 6. The van der Waals surface area contributed by atoms with Gasteiger partial charge in [-0.3, -0.25) is 0 Å². The molecule has 30 heavy (non-hydrogen) atoms. The van der Waals surface area contributed by atoms with Gasteiger partial charge in [0, 0.05) is 34.9 Å². The maximum atomic E-state index is 10.5. The lowest BCUT2D eigenvalue weighted by Gasteiger charge is -2.24. The van der Waals surface area contributed by atoms with Crippen LogP contribution in [0.2, 0.25) is 51.4 Å². The zero-order valence-corrected chi connectivity index (χ0v) is 21.9. The van der Waals surface area contributed by atoms with Gasteiger partial charge in [-0.1, -0.05) is 51.4 Å². The summed E-state index contributed by atoms with van der Waals surface area (Å²) in [6.45, 7) is 17.1. The summed E-state index contributed by atoms with van der Waals surface area (Å²) in [4.78, 5) is 0. The Balaban J connectivity index is 2.62. The number of ether oxygens (including phenoxy) is 4. The zero-order chi connectivity index (χ0) is 22.8. The molecule has 0 amide bonds. The van der Waals surface area contributed by atoms with Crippen molar-refractivity contribution in [3.8, 4) is 5.75 Å². The van der Waals surface area contributed by atoms with E-state index < -0.39 is 28.4 Å². The van der Waals surface area contributed by atoms with Crippen molar-refractivity contribution in [2.24, 2.45) is 0 Å². The molecule has 0 aliphatic carbocycles. The van der Waals surface area contributed by atoms with Gasteiger partial charge in [0.05, 0.1) is 13.2 Å². The van der Waals surface area contributed by atoms with Crippen molar-refractivity contribution < 1.29 is 29.2 Å². The molecule has 0 aromatic heterocycles. The van der Waals surface area contributed by atoms with Gasteiger partial charge in [0.25, 0.3) is 0 Å². The maximum absolute atomic E-state index is 10.5. The van der Waals surface area contributed by atoms with Crippen LogP contribution < -0.4 is 4.74 Å². The molecule has 0 fully saturated rings. The highest BCUT2D eigenvalue weighted by molar-refractivity contribution is 6.76. The Morgan fingerprint density at radius 3 is 1.97 bits per heavy atom. The average molecular weight is 459 g/mol. The average Bonchev–Trinajstić information content (AvgIpc) is 2.62. The molecule has 0 aliphatic rings. The fraction of sp³-hybridized carbons (Fsp3) is 0.727. The van der Waals surface area contributed by atoms with Gasteiger partial charge in [-0.25, -0.2) is 0 Å². The molecule has 0 bridgehead atoms. The number of aliphatic hydroxyl groups excluding tert-OH is 1. The van der Waals surface area contributed by atoms with Gasteiger partial charge in [-0.05, 0) is 30.6 Å². The van der Waals surface area contributed by atoms with Crippen LogP contribution in [-0.4, -0.2) is 59.8 Å². The molecule has 0 aliphatic heterocycles. The van der Waals surface area contributed by atoms with E-state index in [1.54, 1.807) is 13.0 Å². The molecule has 1 rings (SSSR count). The second kappa shape index (κ2) is 12.3. The number of hydrogen-bond donors (Lipinski definition) is 2. The second-order valence-corrected chi connectivity index (χ2v) is 21.7. The SMILES string of the molecule is C[C@@](O)(CO)c1ccc(COCOCC[Si](C)(C)C)cc1OCOCC[Si](C)(C)C. The molecular formula is C22H42O6Si2. The van der Waals surface area contributed by atoms with E-state index in [2.05, 4.69) is 39.3 Å². The Labute approximate surface area is 184 Å². The summed E-state index contributed by atoms with van der Waals surface area (Å²) in [6, 6.07) is 7.61. The molecule has 0 saturated carbocycles. The Morgan fingerprint density at radius 1 is 0.867 bits per heavy atom. The molecule has 1 aromatic carbocycles. The van der Waals surface area contributed by atoms with Crippen LogP contribution in [0.15, 0.2) is 18.2 Å². The smallest absolute Gasteiger partial charge is 0.189 e. The number of benzene rings is 1. The minimum absolute atomic E-state index is 0.100. The summed E-state index contributed by atoms with van der Waals surface area (Å²) in [5.41, 5.74) is 0.0276. The topological polar surface area (TPSA) is 77.4 Å². The standard InChI is InChI=1S/C22H42O6Si2/c1-22(24,16-23)20-9-8-19(15-27-17-25-10-12-29(2,3)4)14-21(20)28-18-26-11-13-30(5,6)7/h8-9,14,23-24H,10-13,15-18H2,1-7H3/t22-/m1/s1. The normalized spacial score (nSPS) is 14.6. The van der Waals surface area contributed by atoms with Crippen molar-refractivity contribution in [3.63, 3.8) is 0 Å². The van der Waals surface area contributed by atoms with E-state index in [9.17, 15) is 10.2 Å². The summed E-state index contributed by atoms with van der Waals surface area (Å²) < 4.78 is 22.6. The van der Waals surface area contributed by atoms with E-state index in [0.717, 1.165) is 24.3 Å². The van der Waals surface area contributed by atoms with E-state index in [-0.39, 0.29) is 13.6 Å². The van der Waals surface area contributed by atoms with Crippen LogP contribution >= 0.6 is 0 Å². The van der Waals surface area contributed by atoms with Crippen molar-refractivity contribution in [1.29, 1.82) is 0 Å². The van der Waals surface area contributed by atoms with E-state index in [1.807, 2.05) is 12.1 Å². The maximum Gasteiger partial charge on any atom is 0.189 e. The molecule has 1 aromatic rings. The highest BCUT2D eigenvalue weighted by Gasteiger charge is 2.26. The molecule has 1 atom stereocenters. The monoisotopic (exact) mass is 458 g/mol. The lowest BCUT2D eigenvalue weighted by Crippen LogP contribution is -2.27. The predicted molar refractivity (Wildman–Crippen MR) is 126 cm³/mol. The molecule has 0 radical (unpaired) electrons. The third-order valence-corrected chi connectivity index (χ3v) is 8.07. The molecule has 0 unspecified atom stereocenters. The van der Waals surface area contributed by atoms with Gasteiger partial charge in [0.2, 0.25) is 0 Å². The molecule has 0 heterocycles. The van der Waals surface area contributed by atoms with Crippen molar-refractivity contribution in [1.82, 2.24) is 0 Å². The van der Waals surface area contributed by atoms with Crippen molar-refractivity contribution in [3.05, 3.63) is 29.3 Å². The third-order valence-electron chi connectivity index (χ3n) is 4.66. The van der Waals surface area contributed by atoms with Gasteiger partial charge < -0.3 is 29.2 Å². The first-order chi connectivity index (χ1) is 13.8. The zero-order valence-electron chi connectivity index (χ0n) is 19.9. The Kier molecular flexibility index (Phi) is 11.2. The van der Waals surface area contributed by atoms with Gasteiger partial charge in [-0.15, -0.1) is 0 Å². The minimum atomic E-state index is -1.40. The Hall–Kier alpha value is -0.746. The van der Waals surface area contributed by atoms with Gasteiger partial charge >= 0.3 is 0 Å². The molecule has 8 heteroatoms. The van der Waals surface area contributed by atoms with Crippen molar-refractivity contribution >= 4 is 16.1 Å². The van der Waals surface area contributed by atoms with Gasteiger partial charge in [0.15, 0.2) is 6.79 Å². The van der Waals surface area contributed by atoms with E-state index in [4.69, 9.17) is 18.9 Å². The first-order valence-electron chi connectivity index (χ1n) is 10.7. The largest absolute Gasteiger partial charge is 0.467 e. The predicted octanol–water partition coefficient (Wildman–Crippen LogP) is 4.41. The number of aliphatic hydroxyl groups is 2. The van der Waals surface area contributed by atoms with Gasteiger partial charge in [-0.2, -0.15) is 0 Å². The molecule has 2 N–H and O–H groups in total. The summed E-state index contributed by atoms with van der Waals surface area (Å²) in [7, 11) is -2.25. The molecular weight excluding hydrogens is 416 g/mol. The van der Waals surface area contributed by atoms with Crippen LogP contribution in [0.5, 0.6) is 5.75 Å². The fourth-order valence-corrected chi connectivity index (χ4v) is 4.02. The third kappa shape index (κ3) is 11.6. The van der Waals surface area contributed by atoms with Crippen molar-refractivity contribution in [2.45, 2.75) is 70.5 Å².